The zero-order valence-corrected chi connectivity index (χ0v) is 21.1. The van der Waals surface area contributed by atoms with Gasteiger partial charge in [0.1, 0.15) is 0 Å². The molecule has 0 radical (unpaired) electrons. The van der Waals surface area contributed by atoms with Gasteiger partial charge in [0.25, 0.3) is 0 Å². The van der Waals surface area contributed by atoms with Crippen molar-refractivity contribution in [1.82, 2.24) is 5.32 Å². The molecular weight excluding hydrogens is 386 g/mol. The molecule has 0 saturated carbocycles. The number of rotatable bonds is 25. The van der Waals surface area contributed by atoms with Gasteiger partial charge >= 0.3 is 5.97 Å². The van der Waals surface area contributed by atoms with Gasteiger partial charge in [-0.1, -0.05) is 97.3 Å². The lowest BCUT2D eigenvalue weighted by atomic mass is 9.94. The third-order valence-corrected chi connectivity index (χ3v) is 6.15. The standard InChI is InChI=1S/C27H55NO3/c1-3-5-7-9-11-15-21-26(20-14-8-6-4-2)27(30)31-25-19-13-10-12-16-22-28-23-17-18-24-29/h26,28-29H,3-25H2,1-2H3. The van der Waals surface area contributed by atoms with Gasteiger partial charge in [-0.05, 0) is 51.6 Å². The predicted molar refractivity (Wildman–Crippen MR) is 133 cm³/mol. The Morgan fingerprint density at radius 1 is 0.677 bits per heavy atom. The molecule has 0 aliphatic heterocycles. The van der Waals surface area contributed by atoms with Crippen molar-refractivity contribution in [2.45, 2.75) is 136 Å². The van der Waals surface area contributed by atoms with Crippen LogP contribution in [-0.2, 0) is 9.53 Å². The summed E-state index contributed by atoms with van der Waals surface area (Å²) in [6.45, 7) is 7.46. The molecule has 0 aliphatic carbocycles. The maximum Gasteiger partial charge on any atom is 0.308 e. The number of carbonyl (C=O) groups is 1. The van der Waals surface area contributed by atoms with Crippen molar-refractivity contribution in [3.63, 3.8) is 0 Å². The Labute approximate surface area is 194 Å². The van der Waals surface area contributed by atoms with Crippen LogP contribution in [0.2, 0.25) is 0 Å². The normalized spacial score (nSPS) is 12.2. The highest BCUT2D eigenvalue weighted by atomic mass is 16.5. The Kier molecular flexibility index (Phi) is 25.1. The van der Waals surface area contributed by atoms with E-state index in [1.165, 1.54) is 77.0 Å². The molecule has 0 aromatic rings. The number of esters is 1. The third kappa shape index (κ3) is 22.4. The quantitative estimate of drug-likeness (QED) is 0.116. The molecule has 4 nitrogen and oxygen atoms in total. The fourth-order valence-electron chi connectivity index (χ4n) is 4.03. The summed E-state index contributed by atoms with van der Waals surface area (Å²) in [5.41, 5.74) is 0. The van der Waals surface area contributed by atoms with Crippen LogP contribution in [0.3, 0.4) is 0 Å². The van der Waals surface area contributed by atoms with Gasteiger partial charge in [-0.3, -0.25) is 4.79 Å². The second-order valence-electron chi connectivity index (χ2n) is 9.22. The molecule has 186 valence electrons. The molecule has 0 fully saturated rings. The number of ether oxygens (including phenoxy) is 1. The summed E-state index contributed by atoms with van der Waals surface area (Å²) < 4.78 is 5.67. The van der Waals surface area contributed by atoms with Crippen molar-refractivity contribution < 1.29 is 14.6 Å². The van der Waals surface area contributed by atoms with E-state index in [-0.39, 0.29) is 11.9 Å². The first kappa shape index (κ1) is 30.4. The number of hydrogen-bond donors (Lipinski definition) is 2. The molecule has 2 N–H and O–H groups in total. The van der Waals surface area contributed by atoms with E-state index in [1.54, 1.807) is 0 Å². The molecule has 0 amide bonds. The van der Waals surface area contributed by atoms with Crippen LogP contribution in [0.1, 0.15) is 136 Å². The third-order valence-electron chi connectivity index (χ3n) is 6.15. The van der Waals surface area contributed by atoms with Gasteiger partial charge in [0.05, 0.1) is 12.5 Å². The van der Waals surface area contributed by atoms with Gasteiger partial charge in [0, 0.05) is 6.61 Å². The summed E-state index contributed by atoms with van der Waals surface area (Å²) in [5, 5.41) is 12.2. The van der Waals surface area contributed by atoms with Crippen LogP contribution in [0.5, 0.6) is 0 Å². The van der Waals surface area contributed by atoms with E-state index in [0.29, 0.717) is 13.2 Å². The minimum Gasteiger partial charge on any atom is -0.465 e. The molecule has 0 bridgehead atoms. The van der Waals surface area contributed by atoms with Crippen LogP contribution >= 0.6 is 0 Å². The Balaban J connectivity index is 3.80. The highest BCUT2D eigenvalue weighted by Crippen LogP contribution is 2.20. The van der Waals surface area contributed by atoms with Crippen molar-refractivity contribution in [1.29, 1.82) is 0 Å². The van der Waals surface area contributed by atoms with Gasteiger partial charge in [-0.2, -0.15) is 0 Å². The number of nitrogens with one attached hydrogen (secondary N) is 1. The van der Waals surface area contributed by atoms with Gasteiger partial charge < -0.3 is 15.2 Å². The number of aliphatic hydroxyl groups is 1. The lowest BCUT2D eigenvalue weighted by molar-refractivity contribution is -0.149. The summed E-state index contributed by atoms with van der Waals surface area (Å²) in [6.07, 6.45) is 22.4. The Hall–Kier alpha value is -0.610. The second kappa shape index (κ2) is 25.6. The molecule has 0 aromatic heterocycles. The number of aliphatic hydroxyl groups excluding tert-OH is 1. The van der Waals surface area contributed by atoms with Crippen molar-refractivity contribution in [3.8, 4) is 0 Å². The fraction of sp³-hybridized carbons (Fsp3) is 0.963. The molecule has 0 aliphatic rings. The van der Waals surface area contributed by atoms with E-state index < -0.39 is 0 Å². The lowest BCUT2D eigenvalue weighted by Gasteiger charge is -2.16. The SMILES string of the molecule is CCCCCCCCC(CCCCCC)C(=O)OCCCCCCCNCCCCO. The maximum absolute atomic E-state index is 12.6. The van der Waals surface area contributed by atoms with Crippen molar-refractivity contribution in [3.05, 3.63) is 0 Å². The van der Waals surface area contributed by atoms with E-state index in [1.807, 2.05) is 0 Å². The second-order valence-corrected chi connectivity index (χ2v) is 9.22. The average molecular weight is 442 g/mol. The van der Waals surface area contributed by atoms with Crippen molar-refractivity contribution >= 4 is 5.97 Å². The van der Waals surface area contributed by atoms with Crippen molar-refractivity contribution in [2.75, 3.05) is 26.3 Å². The highest BCUT2D eigenvalue weighted by molar-refractivity contribution is 5.72. The minimum absolute atomic E-state index is 0.0668. The molecule has 0 heterocycles. The molecule has 0 spiro atoms. The average Bonchev–Trinajstić information content (AvgIpc) is 2.78. The predicted octanol–water partition coefficient (Wildman–Crippen LogP) is 7.18. The Morgan fingerprint density at radius 3 is 1.77 bits per heavy atom. The topological polar surface area (TPSA) is 58.6 Å². The summed E-state index contributed by atoms with van der Waals surface area (Å²) in [7, 11) is 0. The van der Waals surface area contributed by atoms with Crippen LogP contribution < -0.4 is 5.32 Å². The first-order valence-corrected chi connectivity index (χ1v) is 13.7. The number of unbranched alkanes of at least 4 members (excludes halogenated alkanes) is 13. The molecular formula is C27H55NO3. The van der Waals surface area contributed by atoms with E-state index in [4.69, 9.17) is 9.84 Å². The van der Waals surface area contributed by atoms with Crippen LogP contribution in [0.4, 0.5) is 0 Å². The maximum atomic E-state index is 12.6. The molecule has 0 aromatic carbocycles. The Morgan fingerprint density at radius 2 is 1.16 bits per heavy atom. The zero-order chi connectivity index (χ0) is 22.8. The molecule has 0 rings (SSSR count). The van der Waals surface area contributed by atoms with Gasteiger partial charge in [-0.25, -0.2) is 0 Å². The van der Waals surface area contributed by atoms with E-state index in [0.717, 1.165) is 58.0 Å². The molecule has 0 saturated heterocycles. The van der Waals surface area contributed by atoms with Crippen molar-refractivity contribution in [2.24, 2.45) is 5.92 Å². The van der Waals surface area contributed by atoms with E-state index in [9.17, 15) is 4.79 Å². The fourth-order valence-corrected chi connectivity index (χ4v) is 4.03. The number of carbonyl (C=O) groups excluding carboxylic acids is 1. The minimum atomic E-state index is 0.0668. The largest absolute Gasteiger partial charge is 0.465 e. The molecule has 31 heavy (non-hydrogen) atoms. The molecule has 1 unspecified atom stereocenters. The van der Waals surface area contributed by atoms with Crippen LogP contribution in [0.15, 0.2) is 0 Å². The summed E-state index contributed by atoms with van der Waals surface area (Å²) >= 11 is 0. The van der Waals surface area contributed by atoms with Crippen LogP contribution in [-0.4, -0.2) is 37.4 Å². The monoisotopic (exact) mass is 441 g/mol. The molecule has 4 heteroatoms. The summed E-state index contributed by atoms with van der Waals surface area (Å²) in [6, 6.07) is 0. The lowest BCUT2D eigenvalue weighted by Crippen LogP contribution is -2.19. The Bertz CT molecular complexity index is 362. The van der Waals surface area contributed by atoms with Crippen LogP contribution in [0, 0.1) is 5.92 Å². The van der Waals surface area contributed by atoms with E-state index >= 15 is 0 Å². The molecule has 1 atom stereocenters. The number of hydrogen-bond acceptors (Lipinski definition) is 4. The first-order chi connectivity index (χ1) is 15.3. The first-order valence-electron chi connectivity index (χ1n) is 13.7. The highest BCUT2D eigenvalue weighted by Gasteiger charge is 2.19. The summed E-state index contributed by atoms with van der Waals surface area (Å²) in [5.74, 6) is 0.192. The van der Waals surface area contributed by atoms with Crippen LogP contribution in [0.25, 0.3) is 0 Å². The summed E-state index contributed by atoms with van der Waals surface area (Å²) in [4.78, 5) is 12.6. The van der Waals surface area contributed by atoms with Gasteiger partial charge in [0.15, 0.2) is 0 Å². The van der Waals surface area contributed by atoms with Gasteiger partial charge in [0.2, 0.25) is 0 Å². The van der Waals surface area contributed by atoms with E-state index in [2.05, 4.69) is 19.2 Å². The van der Waals surface area contributed by atoms with Gasteiger partial charge in [-0.15, -0.1) is 0 Å². The smallest absolute Gasteiger partial charge is 0.308 e. The zero-order valence-electron chi connectivity index (χ0n) is 21.1.